The number of hydrazone groups is 1. The van der Waals surface area contributed by atoms with Crippen molar-refractivity contribution < 1.29 is 31.4 Å². The second-order valence-corrected chi connectivity index (χ2v) is 11.1. The van der Waals surface area contributed by atoms with Gasteiger partial charge in [0.2, 0.25) is 5.95 Å². The summed E-state index contributed by atoms with van der Waals surface area (Å²) in [5, 5.41) is 5.84. The molecule has 13 nitrogen and oxygen atoms in total. The molecule has 5 N–H and O–H groups in total. The first kappa shape index (κ1) is 31.1. The molecule has 45 heavy (non-hydrogen) atoms. The van der Waals surface area contributed by atoms with Gasteiger partial charge in [-0.05, 0) is 40.5 Å². The monoisotopic (exact) mass is 630 g/mol. The minimum Gasteiger partial charge on any atom is -0.493 e. The Kier molecular flexibility index (Phi) is 9.08. The van der Waals surface area contributed by atoms with E-state index in [1.54, 1.807) is 48.8 Å². The number of carbonyl (C=O) groups is 1. The Morgan fingerprint density at radius 3 is 2.49 bits per heavy atom. The standard InChI is InChI=1S/C31H30N6O7S/c1-42-26-15-20(14-24-16-34-31(33)36-30(24)32)13-22(29(26)43-2)11-12-27(38)37-28(25-6-4-3-5-23(25)17-35-37)21-9-7-19(8-10-21)18-44-45(39,40)41/h3-13,15-17,28H,14,18H2,1-2H3,(H,39,40,41)(H4,32,33,34,36)/b12-11+. The van der Waals surface area contributed by atoms with Crippen molar-refractivity contribution in [2.45, 2.75) is 19.1 Å². The summed E-state index contributed by atoms with van der Waals surface area (Å²) in [4.78, 5) is 21.8. The summed E-state index contributed by atoms with van der Waals surface area (Å²) in [5.41, 5.74) is 16.7. The number of carbonyl (C=O) groups excluding carboxylic acids is 1. The number of nitrogens with two attached hydrogens (primary N) is 2. The van der Waals surface area contributed by atoms with Gasteiger partial charge in [0.15, 0.2) is 11.5 Å². The van der Waals surface area contributed by atoms with Crippen LogP contribution < -0.4 is 20.9 Å². The molecular weight excluding hydrogens is 600 g/mol. The van der Waals surface area contributed by atoms with Gasteiger partial charge in [-0.15, -0.1) is 0 Å². The molecule has 0 radical (unpaired) electrons. The summed E-state index contributed by atoms with van der Waals surface area (Å²) in [6.45, 7) is -0.341. The molecule has 0 saturated heterocycles. The molecule has 1 aromatic heterocycles. The first-order chi connectivity index (χ1) is 21.6. The lowest BCUT2D eigenvalue weighted by Gasteiger charge is -2.31. The highest BCUT2D eigenvalue weighted by atomic mass is 32.3. The van der Waals surface area contributed by atoms with E-state index in [1.807, 2.05) is 30.3 Å². The number of hydrogen-bond acceptors (Lipinski definition) is 11. The van der Waals surface area contributed by atoms with E-state index in [9.17, 15) is 13.2 Å². The van der Waals surface area contributed by atoms with Gasteiger partial charge in [-0.3, -0.25) is 9.35 Å². The average Bonchev–Trinajstić information content (AvgIpc) is 3.03. The third-order valence-corrected chi connectivity index (χ3v) is 7.45. The van der Waals surface area contributed by atoms with Gasteiger partial charge in [0, 0.05) is 35.4 Å². The SMILES string of the molecule is COc1cc(Cc2cnc(N)nc2N)cc(/C=C/C(=O)N2N=Cc3ccccc3C2c2ccc(COS(=O)(=O)O)cc2)c1OC. The van der Waals surface area contributed by atoms with E-state index in [0.29, 0.717) is 34.6 Å². The van der Waals surface area contributed by atoms with Crippen molar-refractivity contribution in [1.82, 2.24) is 15.0 Å². The van der Waals surface area contributed by atoms with Crippen molar-refractivity contribution in [3.05, 3.63) is 112 Å². The van der Waals surface area contributed by atoms with Crippen LogP contribution in [0.25, 0.3) is 6.08 Å². The number of methoxy groups -OCH3 is 2. The first-order valence-electron chi connectivity index (χ1n) is 13.5. The highest BCUT2D eigenvalue weighted by Gasteiger charge is 2.30. The van der Waals surface area contributed by atoms with Crippen molar-refractivity contribution in [3.63, 3.8) is 0 Å². The maximum atomic E-state index is 13.7. The number of anilines is 2. The van der Waals surface area contributed by atoms with Crippen molar-refractivity contribution in [1.29, 1.82) is 0 Å². The van der Waals surface area contributed by atoms with Crippen LogP contribution in [0.3, 0.4) is 0 Å². The summed E-state index contributed by atoms with van der Waals surface area (Å²) in [6.07, 6.45) is 6.58. The summed E-state index contributed by atoms with van der Waals surface area (Å²) < 4.78 is 46.5. The van der Waals surface area contributed by atoms with E-state index in [1.165, 1.54) is 25.3 Å². The van der Waals surface area contributed by atoms with Crippen molar-refractivity contribution in [2.75, 3.05) is 25.7 Å². The van der Waals surface area contributed by atoms with E-state index in [0.717, 1.165) is 22.3 Å². The average molecular weight is 631 g/mol. The lowest BCUT2D eigenvalue weighted by atomic mass is 9.92. The van der Waals surface area contributed by atoms with Crippen LogP contribution in [0, 0.1) is 0 Å². The predicted molar refractivity (Wildman–Crippen MR) is 168 cm³/mol. The van der Waals surface area contributed by atoms with Crippen LogP contribution in [0.1, 0.15) is 45.0 Å². The Bertz CT molecular complexity index is 1900. The van der Waals surface area contributed by atoms with Crippen LogP contribution in [0.2, 0.25) is 0 Å². The smallest absolute Gasteiger partial charge is 0.397 e. The molecule has 1 atom stereocenters. The molecule has 0 aliphatic carbocycles. The molecule has 0 fully saturated rings. The van der Waals surface area contributed by atoms with E-state index in [2.05, 4.69) is 19.3 Å². The molecule has 1 amide bonds. The van der Waals surface area contributed by atoms with E-state index in [4.69, 9.17) is 25.5 Å². The molecule has 1 aliphatic heterocycles. The molecule has 0 spiro atoms. The maximum Gasteiger partial charge on any atom is 0.397 e. The quantitative estimate of drug-likeness (QED) is 0.171. The van der Waals surface area contributed by atoms with E-state index < -0.39 is 22.3 Å². The number of benzene rings is 3. The maximum absolute atomic E-state index is 13.7. The second kappa shape index (κ2) is 13.1. The normalized spacial score (nSPS) is 14.4. The zero-order valence-electron chi connectivity index (χ0n) is 24.3. The fourth-order valence-corrected chi connectivity index (χ4v) is 5.24. The molecule has 0 saturated carbocycles. The summed E-state index contributed by atoms with van der Waals surface area (Å²) in [5.74, 6) is 0.815. The number of aromatic nitrogens is 2. The van der Waals surface area contributed by atoms with Crippen LogP contribution in [0.4, 0.5) is 11.8 Å². The third kappa shape index (κ3) is 7.26. The molecule has 232 valence electrons. The van der Waals surface area contributed by atoms with Gasteiger partial charge in [-0.2, -0.15) is 18.5 Å². The fraction of sp³-hybridized carbons (Fsp3) is 0.161. The first-order valence-corrected chi connectivity index (χ1v) is 14.9. The molecule has 4 aromatic rings. The van der Waals surface area contributed by atoms with Crippen LogP contribution in [0.5, 0.6) is 11.5 Å². The highest BCUT2D eigenvalue weighted by Crippen LogP contribution is 2.36. The lowest BCUT2D eigenvalue weighted by Crippen LogP contribution is -2.33. The molecule has 3 aromatic carbocycles. The van der Waals surface area contributed by atoms with Crippen LogP contribution in [-0.2, 0) is 32.4 Å². The minimum absolute atomic E-state index is 0.0779. The Labute approximate surface area is 259 Å². The molecule has 2 heterocycles. The summed E-state index contributed by atoms with van der Waals surface area (Å²) in [7, 11) is -1.56. The second-order valence-electron chi connectivity index (χ2n) is 9.96. The summed E-state index contributed by atoms with van der Waals surface area (Å²) >= 11 is 0. The number of nitrogens with zero attached hydrogens (tertiary/aromatic N) is 4. The third-order valence-electron chi connectivity index (χ3n) is 7.04. The van der Waals surface area contributed by atoms with Gasteiger partial charge < -0.3 is 20.9 Å². The highest BCUT2D eigenvalue weighted by molar-refractivity contribution is 7.80. The number of amides is 1. The van der Waals surface area contributed by atoms with Crippen LogP contribution in [-0.4, -0.2) is 54.3 Å². The molecule has 1 unspecified atom stereocenters. The predicted octanol–water partition coefficient (Wildman–Crippen LogP) is 3.55. The molecule has 5 rings (SSSR count). The van der Waals surface area contributed by atoms with Crippen molar-refractivity contribution in [3.8, 4) is 11.5 Å². The zero-order valence-corrected chi connectivity index (χ0v) is 25.1. The largest absolute Gasteiger partial charge is 0.493 e. The summed E-state index contributed by atoms with van der Waals surface area (Å²) in [6, 6.07) is 17.4. The Morgan fingerprint density at radius 1 is 1.04 bits per heavy atom. The van der Waals surface area contributed by atoms with Gasteiger partial charge in [-0.25, -0.2) is 14.2 Å². The molecule has 14 heteroatoms. The van der Waals surface area contributed by atoms with E-state index >= 15 is 0 Å². The fourth-order valence-electron chi connectivity index (χ4n) is 4.95. The van der Waals surface area contributed by atoms with Gasteiger partial charge in [0.25, 0.3) is 5.91 Å². The molecule has 0 bridgehead atoms. The Morgan fingerprint density at radius 2 is 1.80 bits per heavy atom. The number of fused-ring (bicyclic) bond motifs is 1. The van der Waals surface area contributed by atoms with Crippen molar-refractivity contribution in [2.24, 2.45) is 5.10 Å². The number of rotatable bonds is 10. The minimum atomic E-state index is -4.59. The molecule has 1 aliphatic rings. The zero-order chi connectivity index (χ0) is 32.1. The Hall–Kier alpha value is -5.31. The number of hydrogen-bond donors (Lipinski definition) is 3. The van der Waals surface area contributed by atoms with Gasteiger partial charge in [0.05, 0.1) is 27.0 Å². The van der Waals surface area contributed by atoms with E-state index in [-0.39, 0.29) is 18.4 Å². The number of nitrogen functional groups attached to an aromatic ring is 2. The number of ether oxygens (including phenoxy) is 2. The van der Waals surface area contributed by atoms with Crippen LogP contribution in [0.15, 0.2) is 78.0 Å². The topological polar surface area (TPSA) is 193 Å². The van der Waals surface area contributed by atoms with Gasteiger partial charge in [-0.1, -0.05) is 48.5 Å². The van der Waals surface area contributed by atoms with Crippen LogP contribution >= 0.6 is 0 Å². The van der Waals surface area contributed by atoms with Crippen molar-refractivity contribution >= 4 is 40.4 Å². The van der Waals surface area contributed by atoms with Gasteiger partial charge in [0.1, 0.15) is 11.9 Å². The molecular formula is C31H30N6O7S. The van der Waals surface area contributed by atoms with Gasteiger partial charge >= 0.3 is 10.4 Å². The Balaban J connectivity index is 1.46. The lowest BCUT2D eigenvalue weighted by molar-refractivity contribution is -0.127.